The summed E-state index contributed by atoms with van der Waals surface area (Å²) >= 11 is 1.67. The number of hydrogen-bond donors (Lipinski definition) is 1. The lowest BCUT2D eigenvalue weighted by Gasteiger charge is -2.24. The van der Waals surface area contributed by atoms with E-state index >= 15 is 0 Å². The highest BCUT2D eigenvalue weighted by molar-refractivity contribution is 8.02. The van der Waals surface area contributed by atoms with Gasteiger partial charge in [-0.3, -0.25) is 0 Å². The van der Waals surface area contributed by atoms with Crippen LogP contribution < -0.4 is 0 Å². The summed E-state index contributed by atoms with van der Waals surface area (Å²) in [6.45, 7) is 2.27. The molecule has 2 unspecified atom stereocenters. The molecule has 0 spiro atoms. The fraction of sp³-hybridized carbons (Fsp3) is 0.700. The van der Waals surface area contributed by atoms with Gasteiger partial charge in [-0.1, -0.05) is 19.8 Å². The van der Waals surface area contributed by atoms with E-state index in [2.05, 4.69) is 6.92 Å². The molecule has 0 aromatic rings. The molecule has 74 valence electrons. The van der Waals surface area contributed by atoms with Crippen LogP contribution in [0.2, 0.25) is 0 Å². The zero-order valence-corrected chi connectivity index (χ0v) is 8.72. The Bertz CT molecular complexity index is 201. The van der Waals surface area contributed by atoms with E-state index < -0.39 is 5.97 Å². The summed E-state index contributed by atoms with van der Waals surface area (Å²) in [5, 5.41) is 10.7. The molecule has 0 bridgehead atoms. The SMILES string of the molecule is CC1CCCC(SC=CC(=O)O)C1. The van der Waals surface area contributed by atoms with Crippen LogP contribution in [0.15, 0.2) is 11.5 Å². The Balaban J connectivity index is 2.24. The maximum Gasteiger partial charge on any atom is 0.328 e. The fourth-order valence-corrected chi connectivity index (χ4v) is 2.87. The molecule has 1 aliphatic rings. The lowest BCUT2D eigenvalue weighted by atomic mass is 9.91. The molecule has 1 aliphatic carbocycles. The van der Waals surface area contributed by atoms with Gasteiger partial charge in [-0.25, -0.2) is 4.79 Å². The second-order valence-corrected chi connectivity index (χ2v) is 4.88. The van der Waals surface area contributed by atoms with Crippen LogP contribution in [0.5, 0.6) is 0 Å². The second-order valence-electron chi connectivity index (χ2n) is 3.67. The van der Waals surface area contributed by atoms with Gasteiger partial charge in [0, 0.05) is 11.3 Å². The van der Waals surface area contributed by atoms with Crippen molar-refractivity contribution in [3.63, 3.8) is 0 Å². The Hall–Kier alpha value is -0.440. The minimum Gasteiger partial charge on any atom is -0.478 e. The van der Waals surface area contributed by atoms with Crippen molar-refractivity contribution in [1.29, 1.82) is 0 Å². The first-order valence-corrected chi connectivity index (χ1v) is 5.67. The van der Waals surface area contributed by atoms with E-state index in [1.807, 2.05) is 0 Å². The molecule has 0 aliphatic heterocycles. The van der Waals surface area contributed by atoms with Gasteiger partial charge in [-0.05, 0) is 24.2 Å². The van der Waals surface area contributed by atoms with Crippen LogP contribution in [0.4, 0.5) is 0 Å². The van der Waals surface area contributed by atoms with Crippen molar-refractivity contribution in [3.8, 4) is 0 Å². The van der Waals surface area contributed by atoms with Gasteiger partial charge in [0.1, 0.15) is 0 Å². The normalized spacial score (nSPS) is 29.3. The van der Waals surface area contributed by atoms with Crippen LogP contribution in [-0.2, 0) is 4.79 Å². The number of carboxylic acids is 1. The first kappa shape index (κ1) is 10.6. The Morgan fingerprint density at radius 2 is 2.31 bits per heavy atom. The van der Waals surface area contributed by atoms with Gasteiger partial charge >= 0.3 is 5.97 Å². The molecular formula is C10H16O2S. The minimum atomic E-state index is -0.851. The number of thioether (sulfide) groups is 1. The van der Waals surface area contributed by atoms with Crippen molar-refractivity contribution >= 4 is 17.7 Å². The highest BCUT2D eigenvalue weighted by Gasteiger charge is 2.17. The van der Waals surface area contributed by atoms with Crippen LogP contribution >= 0.6 is 11.8 Å². The van der Waals surface area contributed by atoms with Gasteiger partial charge in [0.25, 0.3) is 0 Å². The quantitative estimate of drug-likeness (QED) is 0.712. The van der Waals surface area contributed by atoms with Gasteiger partial charge in [0.2, 0.25) is 0 Å². The van der Waals surface area contributed by atoms with Gasteiger partial charge in [0.05, 0.1) is 0 Å². The van der Waals surface area contributed by atoms with E-state index in [0.29, 0.717) is 5.25 Å². The monoisotopic (exact) mass is 200 g/mol. The molecule has 0 heterocycles. The zero-order chi connectivity index (χ0) is 9.68. The maximum absolute atomic E-state index is 10.2. The third-order valence-corrected chi connectivity index (χ3v) is 3.48. The maximum atomic E-state index is 10.2. The number of carboxylic acid groups (broad SMARTS) is 1. The largest absolute Gasteiger partial charge is 0.478 e. The smallest absolute Gasteiger partial charge is 0.328 e. The average Bonchev–Trinajstić information content (AvgIpc) is 2.03. The van der Waals surface area contributed by atoms with Crippen molar-refractivity contribution in [1.82, 2.24) is 0 Å². The number of carbonyl (C=O) groups is 1. The molecule has 3 heteroatoms. The molecule has 1 rings (SSSR count). The third-order valence-electron chi connectivity index (χ3n) is 2.37. The lowest BCUT2D eigenvalue weighted by Crippen LogP contribution is -2.14. The van der Waals surface area contributed by atoms with Gasteiger partial charge in [-0.2, -0.15) is 0 Å². The van der Waals surface area contributed by atoms with Crippen LogP contribution in [0.3, 0.4) is 0 Å². The van der Waals surface area contributed by atoms with E-state index in [9.17, 15) is 4.79 Å². The predicted octanol–water partition coefficient (Wildman–Crippen LogP) is 2.90. The summed E-state index contributed by atoms with van der Waals surface area (Å²) in [6.07, 6.45) is 6.32. The van der Waals surface area contributed by atoms with Crippen molar-refractivity contribution in [2.24, 2.45) is 5.92 Å². The topological polar surface area (TPSA) is 37.3 Å². The third kappa shape index (κ3) is 4.36. The fourth-order valence-electron chi connectivity index (χ4n) is 1.71. The van der Waals surface area contributed by atoms with Crippen LogP contribution in [0, 0.1) is 5.92 Å². The lowest BCUT2D eigenvalue weighted by molar-refractivity contribution is -0.131. The predicted molar refractivity (Wildman–Crippen MR) is 55.8 cm³/mol. The van der Waals surface area contributed by atoms with E-state index in [4.69, 9.17) is 5.11 Å². The molecule has 0 saturated heterocycles. The highest BCUT2D eigenvalue weighted by atomic mass is 32.2. The molecule has 0 aromatic heterocycles. The average molecular weight is 200 g/mol. The zero-order valence-electron chi connectivity index (χ0n) is 7.90. The Morgan fingerprint density at radius 3 is 2.92 bits per heavy atom. The molecule has 1 N–H and O–H groups in total. The van der Waals surface area contributed by atoms with Crippen LogP contribution in [0.1, 0.15) is 32.6 Å². The Labute approximate surface area is 83.4 Å². The first-order valence-electron chi connectivity index (χ1n) is 4.73. The Morgan fingerprint density at radius 1 is 1.54 bits per heavy atom. The molecule has 13 heavy (non-hydrogen) atoms. The van der Waals surface area contributed by atoms with Crippen LogP contribution in [-0.4, -0.2) is 16.3 Å². The Kier molecular flexibility index (Phi) is 4.36. The first-order chi connectivity index (χ1) is 6.18. The van der Waals surface area contributed by atoms with Crippen molar-refractivity contribution in [3.05, 3.63) is 11.5 Å². The summed E-state index contributed by atoms with van der Waals surface area (Å²) < 4.78 is 0. The van der Waals surface area contributed by atoms with Gasteiger partial charge in [-0.15, -0.1) is 11.8 Å². The molecule has 0 amide bonds. The molecule has 1 saturated carbocycles. The van der Waals surface area contributed by atoms with E-state index in [1.165, 1.54) is 31.8 Å². The summed E-state index contributed by atoms with van der Waals surface area (Å²) in [6, 6.07) is 0. The molecular weight excluding hydrogens is 184 g/mol. The molecule has 0 aromatic carbocycles. The van der Waals surface area contributed by atoms with Crippen molar-refractivity contribution in [2.75, 3.05) is 0 Å². The van der Waals surface area contributed by atoms with Crippen molar-refractivity contribution in [2.45, 2.75) is 37.9 Å². The molecule has 0 radical (unpaired) electrons. The van der Waals surface area contributed by atoms with E-state index in [-0.39, 0.29) is 0 Å². The van der Waals surface area contributed by atoms with Crippen molar-refractivity contribution < 1.29 is 9.90 Å². The van der Waals surface area contributed by atoms with Gasteiger partial charge in [0.15, 0.2) is 0 Å². The minimum absolute atomic E-state index is 0.638. The number of rotatable bonds is 3. The highest BCUT2D eigenvalue weighted by Crippen LogP contribution is 2.32. The van der Waals surface area contributed by atoms with E-state index in [1.54, 1.807) is 17.2 Å². The number of hydrogen-bond acceptors (Lipinski definition) is 2. The summed E-state index contributed by atoms with van der Waals surface area (Å²) in [7, 11) is 0. The summed E-state index contributed by atoms with van der Waals surface area (Å²) in [5.41, 5.74) is 0. The summed E-state index contributed by atoms with van der Waals surface area (Å²) in [5.74, 6) is -0.0409. The standard InChI is InChI=1S/C10H16O2S/c1-8-3-2-4-9(7-8)13-6-5-10(11)12/h5-6,8-9H,2-4,7H2,1H3,(H,11,12). The molecule has 1 fully saturated rings. The second kappa shape index (κ2) is 5.32. The summed E-state index contributed by atoms with van der Waals surface area (Å²) in [4.78, 5) is 10.2. The van der Waals surface area contributed by atoms with E-state index in [0.717, 1.165) is 5.92 Å². The van der Waals surface area contributed by atoms with Gasteiger partial charge < -0.3 is 5.11 Å². The molecule has 2 nitrogen and oxygen atoms in total. The van der Waals surface area contributed by atoms with Crippen LogP contribution in [0.25, 0.3) is 0 Å². The number of aliphatic carboxylic acids is 1. The molecule has 2 atom stereocenters.